The molecule has 5 heteroatoms. The fourth-order valence-corrected chi connectivity index (χ4v) is 2.56. The number of amides is 1. The number of benzene rings is 2. The molecule has 24 heavy (non-hydrogen) atoms. The summed E-state index contributed by atoms with van der Waals surface area (Å²) in [5, 5.41) is 7.52. The zero-order valence-electron chi connectivity index (χ0n) is 13.5. The summed E-state index contributed by atoms with van der Waals surface area (Å²) in [7, 11) is 0. The van der Waals surface area contributed by atoms with Gasteiger partial charge in [0.2, 0.25) is 0 Å². The lowest BCUT2D eigenvalue weighted by atomic mass is 10.1. The molecule has 0 aliphatic heterocycles. The number of hydrogen-bond donors (Lipinski definition) is 3. The van der Waals surface area contributed by atoms with Crippen molar-refractivity contribution in [3.8, 4) is 0 Å². The zero-order valence-corrected chi connectivity index (χ0v) is 13.5. The SMILES string of the molecule is CCCNc1ccc2ncc(C(N)=O)c(Nc3ccccc3)c2c1. The number of carbonyl (C=O) groups excluding carboxylic acids is 1. The van der Waals surface area contributed by atoms with E-state index in [1.807, 2.05) is 48.5 Å². The van der Waals surface area contributed by atoms with Gasteiger partial charge in [0.05, 0.1) is 16.8 Å². The summed E-state index contributed by atoms with van der Waals surface area (Å²) in [6.07, 6.45) is 2.56. The van der Waals surface area contributed by atoms with Crippen molar-refractivity contribution in [2.75, 3.05) is 17.2 Å². The molecule has 0 bridgehead atoms. The van der Waals surface area contributed by atoms with E-state index in [0.717, 1.165) is 35.2 Å². The molecule has 1 aromatic heterocycles. The van der Waals surface area contributed by atoms with Gasteiger partial charge in [-0.15, -0.1) is 0 Å². The normalized spacial score (nSPS) is 10.5. The molecule has 0 unspecified atom stereocenters. The van der Waals surface area contributed by atoms with Crippen molar-refractivity contribution in [3.63, 3.8) is 0 Å². The molecule has 1 heterocycles. The first-order valence-electron chi connectivity index (χ1n) is 7.97. The van der Waals surface area contributed by atoms with Crippen molar-refractivity contribution >= 4 is 33.9 Å². The number of nitrogens with zero attached hydrogens (tertiary/aromatic N) is 1. The van der Waals surface area contributed by atoms with Crippen molar-refractivity contribution in [1.29, 1.82) is 0 Å². The van der Waals surface area contributed by atoms with Crippen LogP contribution >= 0.6 is 0 Å². The molecule has 1 amide bonds. The molecule has 0 aliphatic rings. The highest BCUT2D eigenvalue weighted by Gasteiger charge is 2.14. The van der Waals surface area contributed by atoms with Gasteiger partial charge in [-0.25, -0.2) is 0 Å². The quantitative estimate of drug-likeness (QED) is 0.643. The van der Waals surface area contributed by atoms with Gasteiger partial charge in [0.25, 0.3) is 5.91 Å². The predicted octanol–water partition coefficient (Wildman–Crippen LogP) is 3.90. The minimum Gasteiger partial charge on any atom is -0.385 e. The van der Waals surface area contributed by atoms with Crippen LogP contribution in [0.1, 0.15) is 23.7 Å². The molecule has 0 atom stereocenters. The van der Waals surface area contributed by atoms with E-state index in [0.29, 0.717) is 11.3 Å². The Morgan fingerprint density at radius 1 is 1.12 bits per heavy atom. The smallest absolute Gasteiger partial charge is 0.252 e. The van der Waals surface area contributed by atoms with Gasteiger partial charge in [0.15, 0.2) is 0 Å². The molecular formula is C19H20N4O. The lowest BCUT2D eigenvalue weighted by Gasteiger charge is -2.14. The maximum Gasteiger partial charge on any atom is 0.252 e. The lowest BCUT2D eigenvalue weighted by molar-refractivity contribution is 0.100. The van der Waals surface area contributed by atoms with Crippen LogP contribution in [-0.2, 0) is 0 Å². The van der Waals surface area contributed by atoms with E-state index in [-0.39, 0.29) is 0 Å². The second kappa shape index (κ2) is 7.00. The monoisotopic (exact) mass is 320 g/mol. The topological polar surface area (TPSA) is 80.0 Å². The van der Waals surface area contributed by atoms with Crippen LogP contribution in [0.15, 0.2) is 54.7 Å². The second-order valence-electron chi connectivity index (χ2n) is 5.56. The first kappa shape index (κ1) is 15.8. The van der Waals surface area contributed by atoms with Gasteiger partial charge < -0.3 is 16.4 Å². The molecule has 3 aromatic rings. The van der Waals surface area contributed by atoms with Gasteiger partial charge >= 0.3 is 0 Å². The molecule has 0 aliphatic carbocycles. The number of rotatable bonds is 6. The van der Waals surface area contributed by atoms with Crippen molar-refractivity contribution in [2.45, 2.75) is 13.3 Å². The number of primary amides is 1. The van der Waals surface area contributed by atoms with Crippen LogP contribution in [-0.4, -0.2) is 17.4 Å². The van der Waals surface area contributed by atoms with Gasteiger partial charge in [-0.3, -0.25) is 9.78 Å². The average molecular weight is 320 g/mol. The number of carbonyl (C=O) groups is 1. The molecule has 0 saturated heterocycles. The largest absolute Gasteiger partial charge is 0.385 e. The Hall–Kier alpha value is -3.08. The Balaban J connectivity index is 2.13. The van der Waals surface area contributed by atoms with Crippen molar-refractivity contribution in [2.24, 2.45) is 5.73 Å². The maximum absolute atomic E-state index is 11.8. The molecule has 3 rings (SSSR count). The van der Waals surface area contributed by atoms with Crippen LogP contribution in [0.3, 0.4) is 0 Å². The van der Waals surface area contributed by atoms with Crippen LogP contribution in [0.5, 0.6) is 0 Å². The van der Waals surface area contributed by atoms with Crippen LogP contribution in [0.2, 0.25) is 0 Å². The second-order valence-corrected chi connectivity index (χ2v) is 5.56. The number of pyridine rings is 1. The summed E-state index contributed by atoms with van der Waals surface area (Å²) in [6.45, 7) is 3.00. The van der Waals surface area contributed by atoms with Gasteiger partial charge in [0.1, 0.15) is 0 Å². The fourth-order valence-electron chi connectivity index (χ4n) is 2.56. The lowest BCUT2D eigenvalue weighted by Crippen LogP contribution is -2.14. The Bertz CT molecular complexity index is 862. The van der Waals surface area contributed by atoms with Crippen LogP contribution in [0.25, 0.3) is 10.9 Å². The van der Waals surface area contributed by atoms with Crippen LogP contribution in [0, 0.1) is 0 Å². The molecule has 0 fully saturated rings. The van der Waals surface area contributed by atoms with Crippen molar-refractivity contribution in [3.05, 3.63) is 60.3 Å². The number of hydrogen-bond acceptors (Lipinski definition) is 4. The molecule has 0 radical (unpaired) electrons. The Labute approximate surface area is 140 Å². The third kappa shape index (κ3) is 3.30. The fraction of sp³-hybridized carbons (Fsp3) is 0.158. The van der Waals surface area contributed by atoms with E-state index in [1.54, 1.807) is 0 Å². The standard InChI is InChI=1S/C19H20N4O/c1-2-10-21-14-8-9-17-15(11-14)18(16(12-22-17)19(20)24)23-13-6-4-3-5-7-13/h3-9,11-12,21H,2,10H2,1H3,(H2,20,24)(H,22,23). The summed E-state index contributed by atoms with van der Waals surface area (Å²) >= 11 is 0. The van der Waals surface area contributed by atoms with E-state index in [1.165, 1.54) is 6.20 Å². The van der Waals surface area contributed by atoms with Crippen LogP contribution in [0.4, 0.5) is 17.1 Å². The van der Waals surface area contributed by atoms with E-state index in [4.69, 9.17) is 5.73 Å². The molecule has 0 saturated carbocycles. The van der Waals surface area contributed by atoms with E-state index in [2.05, 4.69) is 22.5 Å². The van der Waals surface area contributed by atoms with Gasteiger partial charge in [-0.1, -0.05) is 25.1 Å². The van der Waals surface area contributed by atoms with E-state index < -0.39 is 5.91 Å². The van der Waals surface area contributed by atoms with E-state index in [9.17, 15) is 4.79 Å². The third-order valence-electron chi connectivity index (χ3n) is 3.76. The highest BCUT2D eigenvalue weighted by atomic mass is 16.1. The number of fused-ring (bicyclic) bond motifs is 1. The predicted molar refractivity (Wildman–Crippen MR) is 98.8 cm³/mol. The summed E-state index contributed by atoms with van der Waals surface area (Å²) in [5.41, 5.74) is 9.28. The third-order valence-corrected chi connectivity index (χ3v) is 3.76. The zero-order chi connectivity index (χ0) is 16.9. The molecule has 5 nitrogen and oxygen atoms in total. The number of nitrogens with two attached hydrogens (primary N) is 1. The minimum absolute atomic E-state index is 0.374. The summed E-state index contributed by atoms with van der Waals surface area (Å²) < 4.78 is 0. The Morgan fingerprint density at radius 3 is 2.62 bits per heavy atom. The summed E-state index contributed by atoms with van der Waals surface area (Å²) in [6, 6.07) is 15.6. The van der Waals surface area contributed by atoms with Gasteiger partial charge in [-0.2, -0.15) is 0 Å². The summed E-state index contributed by atoms with van der Waals surface area (Å²) in [5.74, 6) is -0.505. The highest BCUT2D eigenvalue weighted by Crippen LogP contribution is 2.30. The number of nitrogens with one attached hydrogen (secondary N) is 2. The molecule has 2 aromatic carbocycles. The first-order valence-corrected chi connectivity index (χ1v) is 7.97. The highest BCUT2D eigenvalue weighted by molar-refractivity contribution is 6.08. The van der Waals surface area contributed by atoms with Crippen molar-refractivity contribution < 1.29 is 4.79 Å². The number of para-hydroxylation sites is 1. The molecule has 4 N–H and O–H groups in total. The van der Waals surface area contributed by atoms with E-state index >= 15 is 0 Å². The van der Waals surface area contributed by atoms with Gasteiger partial charge in [0, 0.05) is 29.5 Å². The van der Waals surface area contributed by atoms with Crippen molar-refractivity contribution in [1.82, 2.24) is 4.98 Å². The minimum atomic E-state index is -0.505. The summed E-state index contributed by atoms with van der Waals surface area (Å²) in [4.78, 5) is 16.2. The Morgan fingerprint density at radius 2 is 1.92 bits per heavy atom. The first-order chi connectivity index (χ1) is 11.7. The maximum atomic E-state index is 11.8. The van der Waals surface area contributed by atoms with Gasteiger partial charge in [-0.05, 0) is 36.8 Å². The number of aromatic nitrogens is 1. The van der Waals surface area contributed by atoms with Crippen LogP contribution < -0.4 is 16.4 Å². The molecule has 0 spiro atoms. The number of anilines is 3. The average Bonchev–Trinajstić information content (AvgIpc) is 2.60. The molecule has 122 valence electrons. The Kier molecular flexibility index (Phi) is 4.61. The molecular weight excluding hydrogens is 300 g/mol.